The molecule has 0 aliphatic heterocycles. The summed E-state index contributed by atoms with van der Waals surface area (Å²) >= 11 is 11.9. The first kappa shape index (κ1) is 12.6. The second-order valence-corrected chi connectivity index (χ2v) is 4.81. The van der Waals surface area contributed by atoms with Gasteiger partial charge in [0.05, 0.1) is 10.0 Å². The average molecular weight is 271 g/mol. The van der Waals surface area contributed by atoms with E-state index in [1.54, 1.807) is 24.3 Å². The van der Waals surface area contributed by atoms with E-state index in [9.17, 15) is 9.90 Å². The Morgan fingerprint density at radius 3 is 2.76 bits per heavy atom. The van der Waals surface area contributed by atoms with Gasteiger partial charge in [-0.15, -0.1) is 0 Å². The van der Waals surface area contributed by atoms with Crippen LogP contribution in [0.5, 0.6) is 0 Å². The van der Waals surface area contributed by atoms with Gasteiger partial charge in [-0.05, 0) is 18.9 Å². The van der Waals surface area contributed by atoms with Crippen LogP contribution in [0.2, 0.25) is 10.0 Å². The molecule has 1 aliphatic carbocycles. The summed E-state index contributed by atoms with van der Waals surface area (Å²) < 4.78 is 0. The minimum atomic E-state index is -0.978. The average Bonchev–Trinajstić information content (AvgIpc) is 2.32. The van der Waals surface area contributed by atoms with Gasteiger partial charge in [-0.3, -0.25) is 4.79 Å². The molecule has 17 heavy (non-hydrogen) atoms. The number of carbonyl (C=O) groups excluding carboxylic acids is 1. The third-order valence-corrected chi connectivity index (χ3v) is 3.70. The number of aliphatic hydroxyl groups is 1. The number of ketones is 1. The summed E-state index contributed by atoms with van der Waals surface area (Å²) in [6.45, 7) is 0. The number of halogens is 2. The standard InChI is InChI=1S/C13H12Cl2O2/c14-10-6-3-5-9(12(10)15)13(17)8-4-1-2-7-11(8)16/h3-6,13,17H,1-2,7H2/t13-/m1/s1. The van der Waals surface area contributed by atoms with Crippen molar-refractivity contribution >= 4 is 29.0 Å². The molecule has 1 aromatic rings. The lowest BCUT2D eigenvalue weighted by Crippen LogP contribution is -2.14. The fourth-order valence-corrected chi connectivity index (χ4v) is 2.35. The van der Waals surface area contributed by atoms with Crippen LogP contribution in [0.15, 0.2) is 29.8 Å². The minimum Gasteiger partial charge on any atom is -0.383 e. The molecule has 2 nitrogen and oxygen atoms in total. The van der Waals surface area contributed by atoms with Crippen LogP contribution in [0.1, 0.15) is 30.9 Å². The highest BCUT2D eigenvalue weighted by atomic mass is 35.5. The predicted molar refractivity (Wildman–Crippen MR) is 68.4 cm³/mol. The number of benzene rings is 1. The third-order valence-electron chi connectivity index (χ3n) is 2.86. The first-order chi connectivity index (χ1) is 8.11. The highest BCUT2D eigenvalue weighted by molar-refractivity contribution is 6.42. The second-order valence-electron chi connectivity index (χ2n) is 4.02. The highest BCUT2D eigenvalue weighted by Crippen LogP contribution is 2.35. The van der Waals surface area contributed by atoms with E-state index in [1.165, 1.54) is 0 Å². The van der Waals surface area contributed by atoms with E-state index in [-0.39, 0.29) is 5.78 Å². The van der Waals surface area contributed by atoms with Crippen molar-refractivity contribution in [1.29, 1.82) is 0 Å². The number of hydrogen-bond acceptors (Lipinski definition) is 2. The molecule has 4 heteroatoms. The fraction of sp³-hybridized carbons (Fsp3) is 0.308. The van der Waals surface area contributed by atoms with Crippen LogP contribution >= 0.6 is 23.2 Å². The zero-order valence-electron chi connectivity index (χ0n) is 9.12. The molecule has 0 radical (unpaired) electrons. The molecule has 0 saturated heterocycles. The topological polar surface area (TPSA) is 37.3 Å². The Kier molecular flexibility index (Phi) is 3.87. The molecule has 0 spiro atoms. The van der Waals surface area contributed by atoms with Gasteiger partial charge in [0.15, 0.2) is 5.78 Å². The Balaban J connectivity index is 2.37. The molecule has 1 atom stereocenters. The summed E-state index contributed by atoms with van der Waals surface area (Å²) in [5.74, 6) is -0.0141. The molecule has 0 unspecified atom stereocenters. The number of hydrogen-bond donors (Lipinski definition) is 1. The van der Waals surface area contributed by atoms with Gasteiger partial charge in [-0.1, -0.05) is 41.4 Å². The Hall–Kier alpha value is -0.830. The van der Waals surface area contributed by atoms with E-state index in [0.29, 0.717) is 27.6 Å². The molecule has 0 bridgehead atoms. The summed E-state index contributed by atoms with van der Waals surface area (Å²) in [5.41, 5.74) is 0.918. The maximum atomic E-state index is 11.7. The number of aliphatic hydroxyl groups excluding tert-OH is 1. The summed E-state index contributed by atoms with van der Waals surface area (Å²) in [6, 6.07) is 5.04. The van der Waals surface area contributed by atoms with Gasteiger partial charge in [0.1, 0.15) is 6.10 Å². The first-order valence-electron chi connectivity index (χ1n) is 5.46. The lowest BCUT2D eigenvalue weighted by Gasteiger charge is -2.19. The maximum absolute atomic E-state index is 11.7. The zero-order valence-corrected chi connectivity index (χ0v) is 10.6. The fourth-order valence-electron chi connectivity index (χ4n) is 1.94. The van der Waals surface area contributed by atoms with E-state index in [1.807, 2.05) is 0 Å². The summed E-state index contributed by atoms with van der Waals surface area (Å²) in [6.07, 6.45) is 2.96. The molecule has 1 N–H and O–H groups in total. The molecule has 0 aromatic heterocycles. The minimum absolute atomic E-state index is 0.0141. The normalized spacial score (nSPS) is 17.8. The molecular weight excluding hydrogens is 259 g/mol. The van der Waals surface area contributed by atoms with Crippen molar-refractivity contribution in [2.75, 3.05) is 0 Å². The quantitative estimate of drug-likeness (QED) is 0.890. The summed E-state index contributed by atoms with van der Waals surface area (Å²) in [7, 11) is 0. The van der Waals surface area contributed by atoms with E-state index < -0.39 is 6.10 Å². The van der Waals surface area contributed by atoms with Gasteiger partial charge in [-0.2, -0.15) is 0 Å². The van der Waals surface area contributed by atoms with Gasteiger partial charge in [-0.25, -0.2) is 0 Å². The molecule has 2 rings (SSSR count). The first-order valence-corrected chi connectivity index (χ1v) is 6.22. The Morgan fingerprint density at radius 2 is 2.06 bits per heavy atom. The van der Waals surface area contributed by atoms with Crippen molar-refractivity contribution in [3.05, 3.63) is 45.5 Å². The second kappa shape index (κ2) is 5.21. The lowest BCUT2D eigenvalue weighted by atomic mass is 9.91. The molecule has 1 aromatic carbocycles. The van der Waals surface area contributed by atoms with Crippen LogP contribution in [-0.2, 0) is 4.79 Å². The van der Waals surface area contributed by atoms with E-state index >= 15 is 0 Å². The molecular formula is C13H12Cl2O2. The number of allylic oxidation sites excluding steroid dienone is 1. The molecule has 0 heterocycles. The van der Waals surface area contributed by atoms with Crippen LogP contribution in [0.4, 0.5) is 0 Å². The van der Waals surface area contributed by atoms with Crippen molar-refractivity contribution in [1.82, 2.24) is 0 Å². The monoisotopic (exact) mass is 270 g/mol. The van der Waals surface area contributed by atoms with Crippen LogP contribution in [0, 0.1) is 0 Å². The summed E-state index contributed by atoms with van der Waals surface area (Å²) in [4.78, 5) is 11.7. The smallest absolute Gasteiger partial charge is 0.161 e. The molecule has 0 saturated carbocycles. The number of carbonyl (C=O) groups is 1. The largest absolute Gasteiger partial charge is 0.383 e. The Bertz CT molecular complexity index is 480. The van der Waals surface area contributed by atoms with Crippen molar-refractivity contribution in [2.24, 2.45) is 0 Å². The molecule has 0 fully saturated rings. The molecule has 0 amide bonds. The molecule has 90 valence electrons. The zero-order chi connectivity index (χ0) is 12.4. The van der Waals surface area contributed by atoms with Crippen molar-refractivity contribution in [3.63, 3.8) is 0 Å². The SMILES string of the molecule is O=C1CCCC=C1[C@@H](O)c1cccc(Cl)c1Cl. The van der Waals surface area contributed by atoms with Crippen molar-refractivity contribution < 1.29 is 9.90 Å². The van der Waals surface area contributed by atoms with Gasteiger partial charge >= 0.3 is 0 Å². The Morgan fingerprint density at radius 1 is 1.29 bits per heavy atom. The van der Waals surface area contributed by atoms with E-state index in [4.69, 9.17) is 23.2 Å². The van der Waals surface area contributed by atoms with Gasteiger partial charge in [0.25, 0.3) is 0 Å². The van der Waals surface area contributed by atoms with E-state index in [0.717, 1.165) is 12.8 Å². The summed E-state index contributed by atoms with van der Waals surface area (Å²) in [5, 5.41) is 10.9. The lowest BCUT2D eigenvalue weighted by molar-refractivity contribution is -0.117. The molecule has 1 aliphatic rings. The maximum Gasteiger partial charge on any atom is 0.161 e. The third kappa shape index (κ3) is 2.54. The van der Waals surface area contributed by atoms with Gasteiger partial charge in [0, 0.05) is 17.6 Å². The van der Waals surface area contributed by atoms with E-state index in [2.05, 4.69) is 0 Å². The van der Waals surface area contributed by atoms with Crippen molar-refractivity contribution in [3.8, 4) is 0 Å². The van der Waals surface area contributed by atoms with Gasteiger partial charge in [0.2, 0.25) is 0 Å². The predicted octanol–water partition coefficient (Wildman–Crippen LogP) is 3.71. The van der Waals surface area contributed by atoms with Crippen LogP contribution in [-0.4, -0.2) is 10.9 Å². The van der Waals surface area contributed by atoms with Crippen LogP contribution < -0.4 is 0 Å². The number of rotatable bonds is 2. The Labute approximate surface area is 110 Å². The van der Waals surface area contributed by atoms with Crippen LogP contribution in [0.3, 0.4) is 0 Å². The van der Waals surface area contributed by atoms with Crippen molar-refractivity contribution in [2.45, 2.75) is 25.4 Å². The highest BCUT2D eigenvalue weighted by Gasteiger charge is 2.24. The number of Topliss-reactive ketones (excluding diaryl/α,β-unsaturated/α-hetero) is 1. The van der Waals surface area contributed by atoms with Gasteiger partial charge < -0.3 is 5.11 Å². The van der Waals surface area contributed by atoms with Crippen LogP contribution in [0.25, 0.3) is 0 Å².